The third kappa shape index (κ3) is 4.61. The second-order valence-electron chi connectivity index (χ2n) is 5.63. The molecule has 122 valence electrons. The van der Waals surface area contributed by atoms with E-state index in [1.54, 1.807) is 6.07 Å². The highest BCUT2D eigenvalue weighted by Crippen LogP contribution is 2.29. The average Bonchev–Trinajstić information content (AvgIpc) is 3.00. The van der Waals surface area contributed by atoms with Crippen LogP contribution in [0.15, 0.2) is 18.2 Å². The SMILES string of the molecule is CNC(=O)c1ccc(Cl)c(NS(=O)(=O)CCC2CCCC2)c1. The zero-order valence-corrected chi connectivity index (χ0v) is 14.1. The Balaban J connectivity index is 2.05. The van der Waals surface area contributed by atoms with E-state index < -0.39 is 10.0 Å². The van der Waals surface area contributed by atoms with Crippen molar-refractivity contribution < 1.29 is 13.2 Å². The lowest BCUT2D eigenvalue weighted by Gasteiger charge is -2.13. The monoisotopic (exact) mass is 344 g/mol. The smallest absolute Gasteiger partial charge is 0.251 e. The number of sulfonamides is 1. The number of halogens is 1. The van der Waals surface area contributed by atoms with Crippen molar-refractivity contribution in [3.8, 4) is 0 Å². The molecule has 1 saturated carbocycles. The number of carbonyl (C=O) groups is 1. The maximum Gasteiger partial charge on any atom is 0.251 e. The van der Waals surface area contributed by atoms with E-state index in [1.807, 2.05) is 0 Å². The lowest BCUT2D eigenvalue weighted by Crippen LogP contribution is -2.20. The van der Waals surface area contributed by atoms with Crippen LogP contribution in [-0.2, 0) is 10.0 Å². The zero-order valence-electron chi connectivity index (χ0n) is 12.6. The van der Waals surface area contributed by atoms with Crippen molar-refractivity contribution in [2.75, 3.05) is 17.5 Å². The molecule has 5 nitrogen and oxygen atoms in total. The minimum atomic E-state index is -3.46. The third-order valence-electron chi connectivity index (χ3n) is 3.99. The molecule has 0 aliphatic heterocycles. The molecule has 0 bridgehead atoms. The number of nitrogens with one attached hydrogen (secondary N) is 2. The molecule has 0 radical (unpaired) electrons. The molecule has 22 heavy (non-hydrogen) atoms. The van der Waals surface area contributed by atoms with E-state index in [0.717, 1.165) is 12.8 Å². The van der Waals surface area contributed by atoms with Crippen LogP contribution in [0.25, 0.3) is 0 Å². The second-order valence-corrected chi connectivity index (χ2v) is 7.88. The van der Waals surface area contributed by atoms with E-state index in [0.29, 0.717) is 17.9 Å². The Kier molecular flexibility index (Phi) is 5.69. The molecule has 0 aromatic heterocycles. The highest BCUT2D eigenvalue weighted by Gasteiger charge is 2.20. The van der Waals surface area contributed by atoms with Gasteiger partial charge in [-0.1, -0.05) is 37.3 Å². The third-order valence-corrected chi connectivity index (χ3v) is 5.62. The van der Waals surface area contributed by atoms with Crippen molar-refractivity contribution in [1.29, 1.82) is 0 Å². The second kappa shape index (κ2) is 7.33. The normalized spacial score (nSPS) is 15.7. The van der Waals surface area contributed by atoms with Crippen LogP contribution in [0.5, 0.6) is 0 Å². The maximum atomic E-state index is 12.2. The molecule has 1 aromatic rings. The Morgan fingerprint density at radius 3 is 2.64 bits per heavy atom. The van der Waals surface area contributed by atoms with E-state index in [9.17, 15) is 13.2 Å². The molecule has 0 spiro atoms. The van der Waals surface area contributed by atoms with Crippen LogP contribution < -0.4 is 10.0 Å². The minimum absolute atomic E-state index is 0.0815. The molecule has 0 heterocycles. The molecule has 1 aliphatic carbocycles. The Morgan fingerprint density at radius 2 is 2.00 bits per heavy atom. The van der Waals surface area contributed by atoms with E-state index >= 15 is 0 Å². The zero-order chi connectivity index (χ0) is 16.2. The van der Waals surface area contributed by atoms with Crippen molar-refractivity contribution >= 4 is 33.2 Å². The first-order valence-electron chi connectivity index (χ1n) is 7.43. The van der Waals surface area contributed by atoms with Gasteiger partial charge in [0.2, 0.25) is 10.0 Å². The van der Waals surface area contributed by atoms with Crippen molar-refractivity contribution in [1.82, 2.24) is 5.32 Å². The average molecular weight is 345 g/mol. The highest BCUT2D eigenvalue weighted by molar-refractivity contribution is 7.92. The fourth-order valence-corrected chi connectivity index (χ4v) is 4.20. The molecule has 7 heteroatoms. The first-order chi connectivity index (χ1) is 10.4. The topological polar surface area (TPSA) is 75.3 Å². The van der Waals surface area contributed by atoms with Gasteiger partial charge in [-0.15, -0.1) is 0 Å². The van der Waals surface area contributed by atoms with E-state index in [2.05, 4.69) is 10.0 Å². The predicted octanol–water partition coefficient (Wildman–Crippen LogP) is 3.02. The Labute approximate surface area is 136 Å². The quantitative estimate of drug-likeness (QED) is 0.832. The molecule has 0 unspecified atom stereocenters. The summed E-state index contributed by atoms with van der Waals surface area (Å²) < 4.78 is 26.9. The van der Waals surface area contributed by atoms with Crippen LogP contribution in [0, 0.1) is 5.92 Å². The number of anilines is 1. The van der Waals surface area contributed by atoms with Gasteiger partial charge in [-0.25, -0.2) is 8.42 Å². The lowest BCUT2D eigenvalue weighted by atomic mass is 10.1. The van der Waals surface area contributed by atoms with Crippen LogP contribution in [0.1, 0.15) is 42.5 Å². The summed E-state index contributed by atoms with van der Waals surface area (Å²) in [7, 11) is -1.94. The first kappa shape index (κ1) is 17.1. The molecule has 0 saturated heterocycles. The summed E-state index contributed by atoms with van der Waals surface area (Å²) in [5, 5.41) is 2.77. The number of benzene rings is 1. The van der Waals surface area contributed by atoms with Crippen LogP contribution in [0.3, 0.4) is 0 Å². The fourth-order valence-electron chi connectivity index (χ4n) is 2.73. The van der Waals surface area contributed by atoms with Crippen molar-refractivity contribution in [2.24, 2.45) is 5.92 Å². The van der Waals surface area contributed by atoms with Crippen LogP contribution in [-0.4, -0.2) is 27.1 Å². The summed E-state index contributed by atoms with van der Waals surface area (Å²) in [6, 6.07) is 4.52. The van der Waals surface area contributed by atoms with Crippen LogP contribution in [0.4, 0.5) is 5.69 Å². The maximum absolute atomic E-state index is 12.2. The number of hydrogen-bond acceptors (Lipinski definition) is 3. The van der Waals surface area contributed by atoms with Gasteiger partial charge in [-0.2, -0.15) is 0 Å². The van der Waals surface area contributed by atoms with E-state index in [1.165, 1.54) is 32.0 Å². The summed E-state index contributed by atoms with van der Waals surface area (Å²) in [6.07, 6.45) is 5.28. The summed E-state index contributed by atoms with van der Waals surface area (Å²) in [5.74, 6) is 0.297. The van der Waals surface area contributed by atoms with Crippen LogP contribution >= 0.6 is 11.6 Å². The summed E-state index contributed by atoms with van der Waals surface area (Å²) in [4.78, 5) is 11.6. The van der Waals surface area contributed by atoms with Gasteiger partial charge in [0.15, 0.2) is 0 Å². The van der Waals surface area contributed by atoms with Gasteiger partial charge in [0.05, 0.1) is 16.5 Å². The predicted molar refractivity (Wildman–Crippen MR) is 88.8 cm³/mol. The summed E-state index contributed by atoms with van der Waals surface area (Å²) >= 11 is 6.02. The molecule has 1 aliphatic rings. The molecule has 1 aromatic carbocycles. The van der Waals surface area contributed by atoms with E-state index in [4.69, 9.17) is 11.6 Å². The summed E-state index contributed by atoms with van der Waals surface area (Å²) in [5.41, 5.74) is 0.606. The molecule has 0 atom stereocenters. The molecule has 2 rings (SSSR count). The minimum Gasteiger partial charge on any atom is -0.355 e. The largest absolute Gasteiger partial charge is 0.355 e. The van der Waals surface area contributed by atoms with Gasteiger partial charge in [-0.3, -0.25) is 9.52 Å². The van der Waals surface area contributed by atoms with Crippen molar-refractivity contribution in [3.63, 3.8) is 0 Å². The highest BCUT2D eigenvalue weighted by atomic mass is 35.5. The van der Waals surface area contributed by atoms with Crippen LogP contribution in [0.2, 0.25) is 5.02 Å². The van der Waals surface area contributed by atoms with Crippen molar-refractivity contribution in [2.45, 2.75) is 32.1 Å². The number of rotatable bonds is 6. The number of amides is 1. The fraction of sp³-hybridized carbons (Fsp3) is 0.533. The molecule has 2 N–H and O–H groups in total. The molecular formula is C15H21ClN2O3S. The molecule has 1 fully saturated rings. The standard InChI is InChI=1S/C15H21ClN2O3S/c1-17-15(19)12-6-7-13(16)14(10-12)18-22(20,21)9-8-11-4-2-3-5-11/h6-7,10-11,18H,2-5,8-9H2,1H3,(H,17,19). The lowest BCUT2D eigenvalue weighted by molar-refractivity contribution is 0.0963. The first-order valence-corrected chi connectivity index (χ1v) is 9.46. The van der Waals surface area contributed by atoms with Gasteiger partial charge < -0.3 is 5.32 Å². The molecular weight excluding hydrogens is 324 g/mol. The van der Waals surface area contributed by atoms with Gasteiger partial charge in [0, 0.05) is 12.6 Å². The van der Waals surface area contributed by atoms with Gasteiger partial charge >= 0.3 is 0 Å². The summed E-state index contributed by atoms with van der Waals surface area (Å²) in [6.45, 7) is 0. The van der Waals surface area contributed by atoms with Gasteiger partial charge in [0.25, 0.3) is 5.91 Å². The molecule has 1 amide bonds. The Bertz CT molecular complexity index is 640. The number of carbonyl (C=O) groups excluding carboxylic acids is 1. The van der Waals surface area contributed by atoms with Gasteiger partial charge in [-0.05, 0) is 30.5 Å². The Morgan fingerprint density at radius 1 is 1.32 bits per heavy atom. The number of hydrogen-bond donors (Lipinski definition) is 2. The Hall–Kier alpha value is -1.27. The van der Waals surface area contributed by atoms with Crippen molar-refractivity contribution in [3.05, 3.63) is 28.8 Å². The van der Waals surface area contributed by atoms with Gasteiger partial charge in [0.1, 0.15) is 0 Å². The van der Waals surface area contributed by atoms with E-state index in [-0.39, 0.29) is 22.4 Å².